The molecule has 0 aliphatic carbocycles. The van der Waals surface area contributed by atoms with Crippen LogP contribution < -0.4 is 11.3 Å². The first-order valence-corrected chi connectivity index (χ1v) is 4.31. The lowest BCUT2D eigenvalue weighted by Gasteiger charge is -2.22. The molecule has 0 aromatic carbocycles. The van der Waals surface area contributed by atoms with Crippen LogP contribution in [0.25, 0.3) is 0 Å². The second-order valence-corrected chi connectivity index (χ2v) is 3.02. The van der Waals surface area contributed by atoms with Gasteiger partial charge in [0.25, 0.3) is 0 Å². The maximum Gasteiger partial charge on any atom is 0.0712 e. The van der Waals surface area contributed by atoms with Gasteiger partial charge < -0.3 is 4.74 Å². The Kier molecular flexibility index (Phi) is 5.98. The summed E-state index contributed by atoms with van der Waals surface area (Å²) in [6.07, 6.45) is 2.00. The van der Waals surface area contributed by atoms with Gasteiger partial charge in [-0.05, 0) is 19.8 Å². The summed E-state index contributed by atoms with van der Waals surface area (Å²) in [7, 11) is 1.68. The van der Waals surface area contributed by atoms with Crippen molar-refractivity contribution >= 4 is 0 Å². The quantitative estimate of drug-likeness (QED) is 0.359. The van der Waals surface area contributed by atoms with E-state index in [0.717, 1.165) is 12.8 Å². The fraction of sp³-hybridized carbons (Fsp3) is 0.778. The first kappa shape index (κ1) is 11.6. The first-order valence-electron chi connectivity index (χ1n) is 4.31. The van der Waals surface area contributed by atoms with Crippen LogP contribution in [0.15, 0.2) is 12.2 Å². The van der Waals surface area contributed by atoms with Crippen molar-refractivity contribution in [2.24, 2.45) is 5.84 Å². The highest BCUT2D eigenvalue weighted by atomic mass is 16.5. The van der Waals surface area contributed by atoms with Crippen molar-refractivity contribution in [3.05, 3.63) is 12.2 Å². The van der Waals surface area contributed by atoms with Crippen molar-refractivity contribution in [3.63, 3.8) is 0 Å². The molecule has 0 radical (unpaired) electrons. The van der Waals surface area contributed by atoms with E-state index in [-0.39, 0.29) is 12.1 Å². The van der Waals surface area contributed by atoms with E-state index in [1.165, 1.54) is 5.57 Å². The lowest BCUT2D eigenvalue weighted by Crippen LogP contribution is -2.43. The molecule has 12 heavy (non-hydrogen) atoms. The molecule has 0 aromatic rings. The van der Waals surface area contributed by atoms with Crippen LogP contribution in [0.2, 0.25) is 0 Å². The van der Waals surface area contributed by atoms with Crippen LogP contribution >= 0.6 is 0 Å². The summed E-state index contributed by atoms with van der Waals surface area (Å²) in [5, 5.41) is 0. The molecule has 0 aliphatic heterocycles. The van der Waals surface area contributed by atoms with E-state index in [4.69, 9.17) is 10.6 Å². The van der Waals surface area contributed by atoms with Crippen molar-refractivity contribution in [2.45, 2.75) is 38.8 Å². The number of nitrogens with one attached hydrogen (secondary N) is 1. The monoisotopic (exact) mass is 172 g/mol. The van der Waals surface area contributed by atoms with Gasteiger partial charge in [-0.15, -0.1) is 0 Å². The molecule has 0 heterocycles. The summed E-state index contributed by atoms with van der Waals surface area (Å²) in [5.41, 5.74) is 3.93. The van der Waals surface area contributed by atoms with E-state index in [0.29, 0.717) is 0 Å². The van der Waals surface area contributed by atoms with E-state index in [1.807, 2.05) is 6.92 Å². The SMILES string of the molecule is C=C(CC)CC(NN)C(C)OC. The maximum atomic E-state index is 5.38. The number of nitrogens with two attached hydrogens (primary N) is 1. The number of ether oxygens (including phenoxy) is 1. The van der Waals surface area contributed by atoms with E-state index in [1.54, 1.807) is 7.11 Å². The smallest absolute Gasteiger partial charge is 0.0712 e. The molecule has 3 nitrogen and oxygen atoms in total. The molecule has 2 atom stereocenters. The molecule has 2 unspecified atom stereocenters. The van der Waals surface area contributed by atoms with E-state index in [9.17, 15) is 0 Å². The lowest BCUT2D eigenvalue weighted by molar-refractivity contribution is 0.0829. The molecular formula is C9H20N2O. The zero-order valence-electron chi connectivity index (χ0n) is 8.26. The van der Waals surface area contributed by atoms with Crippen molar-refractivity contribution in [1.29, 1.82) is 0 Å². The molecule has 0 aromatic heterocycles. The average molecular weight is 172 g/mol. The minimum Gasteiger partial charge on any atom is -0.380 e. The minimum atomic E-state index is 0.123. The standard InChI is InChI=1S/C9H20N2O/c1-5-7(2)6-9(11-10)8(3)12-4/h8-9,11H,2,5-6,10H2,1,3-4H3. The molecular weight excluding hydrogens is 152 g/mol. The highest BCUT2D eigenvalue weighted by Crippen LogP contribution is 2.10. The Morgan fingerprint density at radius 1 is 1.67 bits per heavy atom. The van der Waals surface area contributed by atoms with Gasteiger partial charge in [0.1, 0.15) is 0 Å². The fourth-order valence-electron chi connectivity index (χ4n) is 0.980. The van der Waals surface area contributed by atoms with Gasteiger partial charge in [0.15, 0.2) is 0 Å². The summed E-state index contributed by atoms with van der Waals surface area (Å²) in [5.74, 6) is 5.38. The third kappa shape index (κ3) is 3.85. The van der Waals surface area contributed by atoms with Crippen LogP contribution in [-0.4, -0.2) is 19.3 Å². The van der Waals surface area contributed by atoms with Crippen molar-refractivity contribution in [1.82, 2.24) is 5.43 Å². The second-order valence-electron chi connectivity index (χ2n) is 3.02. The summed E-state index contributed by atoms with van der Waals surface area (Å²) in [4.78, 5) is 0. The van der Waals surface area contributed by atoms with Crippen LogP contribution in [0.3, 0.4) is 0 Å². The normalized spacial score (nSPS) is 15.7. The van der Waals surface area contributed by atoms with Gasteiger partial charge in [0.2, 0.25) is 0 Å². The highest BCUT2D eigenvalue weighted by molar-refractivity contribution is 4.97. The van der Waals surface area contributed by atoms with Crippen LogP contribution in [0.1, 0.15) is 26.7 Å². The van der Waals surface area contributed by atoms with Crippen molar-refractivity contribution < 1.29 is 4.74 Å². The van der Waals surface area contributed by atoms with Gasteiger partial charge >= 0.3 is 0 Å². The zero-order valence-corrected chi connectivity index (χ0v) is 8.26. The minimum absolute atomic E-state index is 0.123. The molecule has 72 valence electrons. The fourth-order valence-corrected chi connectivity index (χ4v) is 0.980. The summed E-state index contributed by atoms with van der Waals surface area (Å²) in [6.45, 7) is 8.01. The predicted octanol–water partition coefficient (Wildman–Crippen LogP) is 1.21. The Hall–Kier alpha value is -0.380. The molecule has 0 bridgehead atoms. The number of hydrogen-bond acceptors (Lipinski definition) is 3. The Labute approximate surface area is 74.9 Å². The van der Waals surface area contributed by atoms with Gasteiger partial charge in [-0.2, -0.15) is 0 Å². The Morgan fingerprint density at radius 2 is 2.25 bits per heavy atom. The van der Waals surface area contributed by atoms with Gasteiger partial charge in [0.05, 0.1) is 12.1 Å². The molecule has 3 heteroatoms. The van der Waals surface area contributed by atoms with Crippen LogP contribution in [0.5, 0.6) is 0 Å². The third-order valence-corrected chi connectivity index (χ3v) is 2.16. The molecule has 0 fully saturated rings. The predicted molar refractivity (Wildman–Crippen MR) is 51.6 cm³/mol. The average Bonchev–Trinajstić information content (AvgIpc) is 2.12. The molecule has 0 amide bonds. The zero-order chi connectivity index (χ0) is 9.56. The topological polar surface area (TPSA) is 47.3 Å². The highest BCUT2D eigenvalue weighted by Gasteiger charge is 2.15. The summed E-state index contributed by atoms with van der Waals surface area (Å²) in [6, 6.07) is 0.169. The Balaban J connectivity index is 3.90. The van der Waals surface area contributed by atoms with Gasteiger partial charge in [-0.1, -0.05) is 19.1 Å². The maximum absolute atomic E-state index is 5.38. The van der Waals surface area contributed by atoms with Gasteiger partial charge in [0, 0.05) is 7.11 Å². The van der Waals surface area contributed by atoms with E-state index in [2.05, 4.69) is 18.9 Å². The molecule has 0 saturated heterocycles. The van der Waals surface area contributed by atoms with Crippen molar-refractivity contribution in [2.75, 3.05) is 7.11 Å². The molecule has 3 N–H and O–H groups in total. The Bertz CT molecular complexity index is 136. The molecule has 0 spiro atoms. The largest absolute Gasteiger partial charge is 0.380 e. The number of hydrogen-bond donors (Lipinski definition) is 2. The van der Waals surface area contributed by atoms with Crippen LogP contribution in [0.4, 0.5) is 0 Å². The second kappa shape index (κ2) is 6.17. The molecule has 0 aliphatic rings. The number of methoxy groups -OCH3 is 1. The lowest BCUT2D eigenvalue weighted by atomic mass is 10.0. The van der Waals surface area contributed by atoms with Crippen LogP contribution in [0, 0.1) is 0 Å². The van der Waals surface area contributed by atoms with Crippen molar-refractivity contribution in [3.8, 4) is 0 Å². The number of rotatable bonds is 6. The summed E-state index contributed by atoms with van der Waals surface area (Å²) >= 11 is 0. The third-order valence-electron chi connectivity index (χ3n) is 2.16. The van der Waals surface area contributed by atoms with E-state index >= 15 is 0 Å². The van der Waals surface area contributed by atoms with E-state index < -0.39 is 0 Å². The Morgan fingerprint density at radius 3 is 2.58 bits per heavy atom. The summed E-state index contributed by atoms with van der Waals surface area (Å²) < 4.78 is 5.16. The van der Waals surface area contributed by atoms with Crippen LogP contribution in [-0.2, 0) is 4.74 Å². The number of hydrazine groups is 1. The van der Waals surface area contributed by atoms with Gasteiger partial charge in [-0.3, -0.25) is 11.3 Å². The molecule has 0 saturated carbocycles. The first-order chi connectivity index (χ1) is 5.65. The molecule has 0 rings (SSSR count). The van der Waals surface area contributed by atoms with Gasteiger partial charge in [-0.25, -0.2) is 0 Å².